The largest absolute Gasteiger partial charge is 0.463 e. The van der Waals surface area contributed by atoms with Gasteiger partial charge in [0, 0.05) is 5.56 Å². The van der Waals surface area contributed by atoms with Crippen LogP contribution in [0.5, 0.6) is 5.88 Å². The van der Waals surface area contributed by atoms with Crippen molar-refractivity contribution in [2.75, 3.05) is 13.2 Å². The van der Waals surface area contributed by atoms with Gasteiger partial charge in [0.25, 0.3) is 0 Å². The van der Waals surface area contributed by atoms with Crippen LogP contribution in [0.1, 0.15) is 16.6 Å². The maximum absolute atomic E-state index is 11.9. The summed E-state index contributed by atoms with van der Waals surface area (Å²) in [6.45, 7) is 2.11. The number of carbonyl (C=O) groups excluding carboxylic acids is 1. The molecule has 1 aromatic heterocycles. The second-order valence-electron chi connectivity index (χ2n) is 3.73. The van der Waals surface area contributed by atoms with Gasteiger partial charge in [0.05, 0.1) is 6.61 Å². The molecule has 102 valence electrons. The van der Waals surface area contributed by atoms with Crippen molar-refractivity contribution in [3.63, 3.8) is 0 Å². The highest BCUT2D eigenvalue weighted by atomic mass is 32.1. The van der Waals surface area contributed by atoms with Crippen molar-refractivity contribution in [3.05, 3.63) is 35.2 Å². The molecule has 2 rings (SSSR count). The second kappa shape index (κ2) is 6.73. The Morgan fingerprint density at radius 1 is 1.40 bits per heavy atom. The average Bonchev–Trinajstić information content (AvgIpc) is 2.90. The molecule has 0 saturated carbocycles. The molecule has 0 radical (unpaired) electrons. The number of hydrogen-bond acceptors (Lipinski definition) is 5. The Bertz CT molecular complexity index is 628. The summed E-state index contributed by atoms with van der Waals surface area (Å²) in [5, 5.41) is 0.695. The third-order valence-corrected chi connectivity index (χ3v) is 3.44. The first-order chi connectivity index (χ1) is 9.76. The van der Waals surface area contributed by atoms with Gasteiger partial charge >= 0.3 is 5.97 Å². The van der Waals surface area contributed by atoms with Crippen LogP contribution >= 0.6 is 11.3 Å². The molecule has 0 bridgehead atoms. The lowest BCUT2D eigenvalue weighted by Gasteiger charge is -2.01. The normalized spacial score (nSPS) is 9.80. The molecule has 1 aromatic carbocycles. The van der Waals surface area contributed by atoms with Crippen LogP contribution in [0.15, 0.2) is 30.3 Å². The molecular weight excluding hydrogens is 274 g/mol. The molecule has 4 nitrogen and oxygen atoms in total. The minimum atomic E-state index is -0.445. The molecule has 20 heavy (non-hydrogen) atoms. The quantitative estimate of drug-likeness (QED) is 0.626. The number of ether oxygens (including phenoxy) is 2. The lowest BCUT2D eigenvalue weighted by Crippen LogP contribution is -2.05. The van der Waals surface area contributed by atoms with Gasteiger partial charge in [-0.25, -0.2) is 9.78 Å². The summed E-state index contributed by atoms with van der Waals surface area (Å²) >= 11 is 1.23. The van der Waals surface area contributed by atoms with E-state index in [4.69, 9.17) is 15.9 Å². The van der Waals surface area contributed by atoms with E-state index < -0.39 is 5.97 Å². The molecule has 0 fully saturated rings. The van der Waals surface area contributed by atoms with Gasteiger partial charge < -0.3 is 9.47 Å². The minimum absolute atomic E-state index is 0.0599. The highest BCUT2D eigenvalue weighted by Gasteiger charge is 2.21. The standard InChI is InChI=1S/C15H13NO3S/c1-3-10-19-13-12(15(17)18-4-2)20-14(16-13)11-8-6-5-7-9-11/h1,5-9H,4,10H2,2H3. The zero-order valence-electron chi connectivity index (χ0n) is 11.0. The smallest absolute Gasteiger partial charge is 0.354 e. The Hall–Kier alpha value is -2.32. The fourth-order valence-electron chi connectivity index (χ4n) is 1.54. The molecule has 0 spiro atoms. The molecule has 5 heteroatoms. The summed E-state index contributed by atoms with van der Waals surface area (Å²) in [4.78, 5) is 16.5. The topological polar surface area (TPSA) is 48.4 Å². The van der Waals surface area contributed by atoms with Crippen LogP contribution in [-0.2, 0) is 4.74 Å². The van der Waals surface area contributed by atoms with Crippen molar-refractivity contribution in [1.29, 1.82) is 0 Å². The van der Waals surface area contributed by atoms with E-state index in [9.17, 15) is 4.79 Å². The fourth-order valence-corrected chi connectivity index (χ4v) is 2.45. The Labute approximate surface area is 121 Å². The number of aromatic nitrogens is 1. The van der Waals surface area contributed by atoms with Gasteiger partial charge in [-0.05, 0) is 6.92 Å². The van der Waals surface area contributed by atoms with Gasteiger partial charge in [0.2, 0.25) is 5.88 Å². The minimum Gasteiger partial charge on any atom is -0.463 e. The molecule has 0 amide bonds. The summed E-state index contributed by atoms with van der Waals surface area (Å²) < 4.78 is 10.3. The molecule has 2 aromatic rings. The van der Waals surface area contributed by atoms with Crippen molar-refractivity contribution in [1.82, 2.24) is 4.98 Å². The van der Waals surface area contributed by atoms with Gasteiger partial charge in [-0.3, -0.25) is 0 Å². The van der Waals surface area contributed by atoms with E-state index in [0.717, 1.165) is 5.56 Å². The van der Waals surface area contributed by atoms with Crippen LogP contribution in [0.25, 0.3) is 10.6 Å². The first kappa shape index (κ1) is 14.1. The average molecular weight is 287 g/mol. The summed E-state index contributed by atoms with van der Waals surface area (Å²) in [7, 11) is 0. The molecule has 0 N–H and O–H groups in total. The summed E-state index contributed by atoms with van der Waals surface area (Å²) in [5.74, 6) is 2.14. The van der Waals surface area contributed by atoms with E-state index in [2.05, 4.69) is 10.9 Å². The SMILES string of the molecule is C#CCOc1nc(-c2ccccc2)sc1C(=O)OCC. The molecule has 1 heterocycles. The van der Waals surface area contributed by atoms with Gasteiger partial charge in [-0.1, -0.05) is 36.3 Å². The van der Waals surface area contributed by atoms with Crippen LogP contribution in [0, 0.1) is 12.3 Å². The van der Waals surface area contributed by atoms with E-state index in [0.29, 0.717) is 16.5 Å². The summed E-state index contributed by atoms with van der Waals surface area (Å²) in [5.41, 5.74) is 0.915. The van der Waals surface area contributed by atoms with Crippen LogP contribution < -0.4 is 4.74 Å². The molecule has 0 aliphatic rings. The summed E-state index contributed by atoms with van der Waals surface area (Å²) in [6, 6.07) is 9.56. The van der Waals surface area contributed by atoms with E-state index in [1.54, 1.807) is 6.92 Å². The predicted octanol–water partition coefficient (Wildman–Crippen LogP) is 3.00. The van der Waals surface area contributed by atoms with Gasteiger partial charge in [-0.15, -0.1) is 17.8 Å². The number of hydrogen-bond donors (Lipinski definition) is 0. The van der Waals surface area contributed by atoms with E-state index >= 15 is 0 Å². The third kappa shape index (κ3) is 3.16. The van der Waals surface area contributed by atoms with Gasteiger partial charge in [-0.2, -0.15) is 0 Å². The van der Waals surface area contributed by atoms with E-state index in [-0.39, 0.29) is 12.5 Å². The number of benzene rings is 1. The zero-order chi connectivity index (χ0) is 14.4. The Morgan fingerprint density at radius 2 is 2.15 bits per heavy atom. The Morgan fingerprint density at radius 3 is 2.80 bits per heavy atom. The lowest BCUT2D eigenvalue weighted by atomic mass is 10.2. The Kier molecular flexibility index (Phi) is 4.75. The third-order valence-electron chi connectivity index (χ3n) is 2.37. The molecule has 0 unspecified atom stereocenters. The maximum atomic E-state index is 11.9. The van der Waals surface area contributed by atoms with E-state index in [1.807, 2.05) is 30.3 Å². The van der Waals surface area contributed by atoms with Crippen molar-refractivity contribution in [2.24, 2.45) is 0 Å². The highest BCUT2D eigenvalue weighted by Crippen LogP contribution is 2.32. The first-order valence-corrected chi connectivity index (χ1v) is 6.87. The number of carbonyl (C=O) groups is 1. The lowest BCUT2D eigenvalue weighted by molar-refractivity contribution is 0.0528. The molecule has 0 atom stereocenters. The number of nitrogens with zero attached hydrogens (tertiary/aromatic N) is 1. The van der Waals surface area contributed by atoms with Crippen molar-refractivity contribution >= 4 is 17.3 Å². The van der Waals surface area contributed by atoms with Gasteiger partial charge in [0.1, 0.15) is 5.01 Å². The molecule has 0 saturated heterocycles. The van der Waals surface area contributed by atoms with Crippen LogP contribution in [0.4, 0.5) is 0 Å². The van der Waals surface area contributed by atoms with Crippen LogP contribution in [-0.4, -0.2) is 24.2 Å². The number of terminal acetylenes is 1. The highest BCUT2D eigenvalue weighted by molar-refractivity contribution is 7.17. The first-order valence-electron chi connectivity index (χ1n) is 6.06. The van der Waals surface area contributed by atoms with Crippen LogP contribution in [0.3, 0.4) is 0 Å². The fraction of sp³-hybridized carbons (Fsp3) is 0.200. The molecular formula is C15H13NO3S. The van der Waals surface area contributed by atoms with E-state index in [1.165, 1.54) is 11.3 Å². The van der Waals surface area contributed by atoms with Crippen LogP contribution in [0.2, 0.25) is 0 Å². The number of esters is 1. The number of thiazole rings is 1. The molecule has 0 aliphatic heterocycles. The van der Waals surface area contributed by atoms with Gasteiger partial charge in [0.15, 0.2) is 11.5 Å². The monoisotopic (exact) mass is 287 g/mol. The van der Waals surface area contributed by atoms with Crippen molar-refractivity contribution in [2.45, 2.75) is 6.92 Å². The number of rotatable bonds is 5. The maximum Gasteiger partial charge on any atom is 0.354 e. The Balaban J connectivity index is 2.36. The summed E-state index contributed by atoms with van der Waals surface area (Å²) in [6.07, 6.45) is 5.16. The van der Waals surface area contributed by atoms with Crippen molar-refractivity contribution in [3.8, 4) is 28.8 Å². The zero-order valence-corrected chi connectivity index (χ0v) is 11.8. The molecule has 0 aliphatic carbocycles. The second-order valence-corrected chi connectivity index (χ2v) is 4.73. The van der Waals surface area contributed by atoms with Crippen molar-refractivity contribution < 1.29 is 14.3 Å². The predicted molar refractivity (Wildman–Crippen MR) is 77.8 cm³/mol.